The van der Waals surface area contributed by atoms with Crippen LogP contribution in [0.3, 0.4) is 0 Å². The van der Waals surface area contributed by atoms with Crippen molar-refractivity contribution < 1.29 is 0 Å². The van der Waals surface area contributed by atoms with Crippen LogP contribution >= 0.6 is 0 Å². The molecular weight excluding hydrogens is 242 g/mol. The highest BCUT2D eigenvalue weighted by atomic mass is 14.9. The minimum atomic E-state index is 0.733. The van der Waals surface area contributed by atoms with Crippen molar-refractivity contribution in [3.63, 3.8) is 0 Å². The van der Waals surface area contributed by atoms with Crippen LogP contribution in [0.25, 0.3) is 0 Å². The lowest BCUT2D eigenvalue weighted by Crippen LogP contribution is -2.33. The van der Waals surface area contributed by atoms with Gasteiger partial charge in [-0.2, -0.15) is 0 Å². The molecule has 1 N–H and O–H groups in total. The predicted octanol–water partition coefficient (Wildman–Crippen LogP) is 4.38. The summed E-state index contributed by atoms with van der Waals surface area (Å²) in [4.78, 5) is 0. The van der Waals surface area contributed by atoms with E-state index in [1.54, 1.807) is 11.1 Å². The van der Waals surface area contributed by atoms with E-state index in [2.05, 4.69) is 50.4 Å². The Balaban J connectivity index is 1.75. The first-order valence-electron chi connectivity index (χ1n) is 8.57. The van der Waals surface area contributed by atoms with Gasteiger partial charge in [-0.3, -0.25) is 0 Å². The van der Waals surface area contributed by atoms with E-state index in [9.17, 15) is 0 Å². The summed E-state index contributed by atoms with van der Waals surface area (Å²) in [6.07, 6.45) is 5.37. The third kappa shape index (κ3) is 2.53. The molecule has 0 amide bonds. The Labute approximate surface area is 124 Å². The molecule has 0 heterocycles. The van der Waals surface area contributed by atoms with Gasteiger partial charge in [0.05, 0.1) is 0 Å². The molecule has 1 aromatic carbocycles. The lowest BCUT2D eigenvalue weighted by molar-refractivity contribution is 0.354. The first-order chi connectivity index (χ1) is 9.76. The molecule has 1 fully saturated rings. The molecule has 1 saturated carbocycles. The van der Waals surface area contributed by atoms with Gasteiger partial charge < -0.3 is 5.32 Å². The van der Waals surface area contributed by atoms with Crippen molar-refractivity contribution in [3.05, 3.63) is 35.4 Å². The fraction of sp³-hybridized carbons (Fsp3) is 0.684. The zero-order valence-corrected chi connectivity index (χ0v) is 13.2. The average molecular weight is 271 g/mol. The normalized spacial score (nSPS) is 30.2. The van der Waals surface area contributed by atoms with Crippen LogP contribution in [-0.2, 0) is 6.42 Å². The van der Waals surface area contributed by atoms with Gasteiger partial charge in [-0.1, -0.05) is 51.5 Å². The van der Waals surface area contributed by atoms with E-state index in [1.807, 2.05) is 0 Å². The molecule has 3 rings (SSSR count). The summed E-state index contributed by atoms with van der Waals surface area (Å²) in [6.45, 7) is 8.09. The molecule has 1 aromatic rings. The lowest BCUT2D eigenvalue weighted by atomic mass is 9.92. The summed E-state index contributed by atoms with van der Waals surface area (Å²) in [7, 11) is 0. The monoisotopic (exact) mass is 271 g/mol. The lowest BCUT2D eigenvalue weighted by Gasteiger charge is -2.22. The molecule has 20 heavy (non-hydrogen) atoms. The molecule has 110 valence electrons. The highest BCUT2D eigenvalue weighted by Gasteiger charge is 2.55. The quantitative estimate of drug-likeness (QED) is 0.810. The van der Waals surface area contributed by atoms with Gasteiger partial charge in [0.2, 0.25) is 0 Å². The van der Waals surface area contributed by atoms with Gasteiger partial charge in [0.15, 0.2) is 0 Å². The van der Waals surface area contributed by atoms with Gasteiger partial charge in [0.1, 0.15) is 0 Å². The van der Waals surface area contributed by atoms with E-state index in [0.29, 0.717) is 0 Å². The first kappa shape index (κ1) is 14.1. The number of rotatable bonds is 6. The molecule has 2 aliphatic carbocycles. The highest BCUT2D eigenvalue weighted by molar-refractivity contribution is 5.40. The van der Waals surface area contributed by atoms with Gasteiger partial charge in [0, 0.05) is 6.04 Å². The van der Waals surface area contributed by atoms with E-state index in [1.165, 1.54) is 25.7 Å². The largest absolute Gasteiger partial charge is 0.314 e. The maximum atomic E-state index is 3.80. The Kier molecular flexibility index (Phi) is 4.16. The number of benzene rings is 1. The van der Waals surface area contributed by atoms with Crippen molar-refractivity contribution in [3.8, 4) is 0 Å². The number of fused-ring (bicyclic) bond motifs is 3. The molecule has 0 radical (unpaired) electrons. The van der Waals surface area contributed by atoms with Crippen molar-refractivity contribution in [1.82, 2.24) is 5.32 Å². The minimum absolute atomic E-state index is 0.733. The molecule has 1 heteroatoms. The fourth-order valence-corrected chi connectivity index (χ4v) is 4.41. The highest BCUT2D eigenvalue weighted by Crippen LogP contribution is 2.61. The Morgan fingerprint density at radius 1 is 1.25 bits per heavy atom. The van der Waals surface area contributed by atoms with E-state index < -0.39 is 0 Å². The summed E-state index contributed by atoms with van der Waals surface area (Å²) in [5.41, 5.74) is 3.29. The van der Waals surface area contributed by atoms with Gasteiger partial charge >= 0.3 is 0 Å². The van der Waals surface area contributed by atoms with E-state index in [-0.39, 0.29) is 0 Å². The second-order valence-electron chi connectivity index (χ2n) is 6.92. The van der Waals surface area contributed by atoms with Crippen LogP contribution in [0.1, 0.15) is 57.1 Å². The second-order valence-corrected chi connectivity index (χ2v) is 6.92. The zero-order chi connectivity index (χ0) is 14.1. The van der Waals surface area contributed by atoms with Crippen LogP contribution in [0.2, 0.25) is 0 Å². The SMILES string of the molecule is CCNC(CC(C)CC)C1C2CCc3ccccc3C21. The van der Waals surface area contributed by atoms with Crippen LogP contribution in [-0.4, -0.2) is 12.6 Å². The maximum Gasteiger partial charge on any atom is 0.0107 e. The van der Waals surface area contributed by atoms with Crippen molar-refractivity contribution in [2.45, 2.75) is 58.4 Å². The second kappa shape index (κ2) is 5.89. The smallest absolute Gasteiger partial charge is 0.0107 e. The van der Waals surface area contributed by atoms with E-state index >= 15 is 0 Å². The van der Waals surface area contributed by atoms with Crippen molar-refractivity contribution in [1.29, 1.82) is 0 Å². The molecule has 0 saturated heterocycles. The number of hydrogen-bond donors (Lipinski definition) is 1. The van der Waals surface area contributed by atoms with E-state index in [0.717, 1.165) is 36.3 Å². The number of hydrogen-bond acceptors (Lipinski definition) is 1. The molecule has 0 aliphatic heterocycles. The maximum absolute atomic E-state index is 3.80. The molecule has 0 spiro atoms. The Bertz CT molecular complexity index is 453. The fourth-order valence-electron chi connectivity index (χ4n) is 4.41. The summed E-state index contributed by atoms with van der Waals surface area (Å²) >= 11 is 0. The molecule has 2 aliphatic rings. The van der Waals surface area contributed by atoms with Crippen LogP contribution in [0.4, 0.5) is 0 Å². The van der Waals surface area contributed by atoms with Crippen LogP contribution in [0, 0.1) is 17.8 Å². The molecule has 0 aromatic heterocycles. The number of nitrogens with one attached hydrogen (secondary N) is 1. The van der Waals surface area contributed by atoms with Crippen LogP contribution < -0.4 is 5.32 Å². The summed E-state index contributed by atoms with van der Waals surface area (Å²) < 4.78 is 0. The molecule has 1 nitrogen and oxygen atoms in total. The third-order valence-corrected chi connectivity index (χ3v) is 5.67. The van der Waals surface area contributed by atoms with Gasteiger partial charge in [-0.05, 0) is 60.6 Å². The minimum Gasteiger partial charge on any atom is -0.314 e. The standard InChI is InChI=1S/C19H29N/c1-4-13(3)12-17(20-5-2)19-16-11-10-14-8-6-7-9-15(14)18(16)19/h6-9,13,16-20H,4-5,10-12H2,1-3H3. The molecular formula is C19H29N. The Morgan fingerprint density at radius 3 is 2.80 bits per heavy atom. The first-order valence-corrected chi connectivity index (χ1v) is 8.57. The third-order valence-electron chi connectivity index (χ3n) is 5.67. The Hall–Kier alpha value is -0.820. The molecule has 5 atom stereocenters. The molecule has 5 unspecified atom stereocenters. The van der Waals surface area contributed by atoms with Gasteiger partial charge in [-0.25, -0.2) is 0 Å². The summed E-state index contributed by atoms with van der Waals surface area (Å²) in [5, 5.41) is 3.80. The topological polar surface area (TPSA) is 12.0 Å². The number of aryl methyl sites for hydroxylation is 1. The summed E-state index contributed by atoms with van der Waals surface area (Å²) in [6, 6.07) is 9.90. The zero-order valence-electron chi connectivity index (χ0n) is 13.2. The van der Waals surface area contributed by atoms with Crippen molar-refractivity contribution >= 4 is 0 Å². The van der Waals surface area contributed by atoms with Gasteiger partial charge in [0.25, 0.3) is 0 Å². The van der Waals surface area contributed by atoms with Crippen LogP contribution in [0.15, 0.2) is 24.3 Å². The van der Waals surface area contributed by atoms with E-state index in [4.69, 9.17) is 0 Å². The molecule has 0 bridgehead atoms. The van der Waals surface area contributed by atoms with Crippen LogP contribution in [0.5, 0.6) is 0 Å². The van der Waals surface area contributed by atoms with Crippen molar-refractivity contribution in [2.24, 2.45) is 17.8 Å². The Morgan fingerprint density at radius 2 is 2.05 bits per heavy atom. The van der Waals surface area contributed by atoms with Gasteiger partial charge in [-0.15, -0.1) is 0 Å². The predicted molar refractivity (Wildman–Crippen MR) is 86.0 cm³/mol. The summed E-state index contributed by atoms with van der Waals surface area (Å²) in [5.74, 6) is 3.55. The average Bonchev–Trinajstić information content (AvgIpc) is 3.21. The van der Waals surface area contributed by atoms with Crippen molar-refractivity contribution in [2.75, 3.05) is 6.54 Å².